The van der Waals surface area contributed by atoms with Crippen LogP contribution in [-0.4, -0.2) is 15.2 Å². The monoisotopic (exact) mass is 548 g/mol. The van der Waals surface area contributed by atoms with E-state index >= 15 is 0 Å². The van der Waals surface area contributed by atoms with Crippen LogP contribution in [0.25, 0.3) is 33.6 Å². The van der Waals surface area contributed by atoms with Crippen LogP contribution in [-0.2, 0) is 19.0 Å². The predicted octanol–water partition coefficient (Wildman–Crippen LogP) is 6.83. The summed E-state index contributed by atoms with van der Waals surface area (Å²) in [6.45, 7) is -0.351. The van der Waals surface area contributed by atoms with Crippen molar-refractivity contribution < 1.29 is 45.1 Å². The minimum Gasteiger partial charge on any atom is -0.508 e. The van der Waals surface area contributed by atoms with Gasteiger partial charge in [0.1, 0.15) is 23.3 Å². The molecule has 200 valence electrons. The van der Waals surface area contributed by atoms with Gasteiger partial charge in [-0.05, 0) is 48.0 Å². The van der Waals surface area contributed by atoms with Gasteiger partial charge in [0.2, 0.25) is 5.82 Å². The average molecular weight is 548 g/mol. The summed E-state index contributed by atoms with van der Waals surface area (Å²) >= 11 is 0. The molecule has 0 amide bonds. The van der Waals surface area contributed by atoms with Gasteiger partial charge >= 0.3 is 12.4 Å². The molecule has 3 aromatic carbocycles. The lowest BCUT2D eigenvalue weighted by Gasteiger charge is -2.12. The van der Waals surface area contributed by atoms with Crippen LogP contribution >= 0.6 is 0 Å². The van der Waals surface area contributed by atoms with Crippen LogP contribution in [0, 0.1) is 0 Å². The van der Waals surface area contributed by atoms with E-state index in [0.717, 1.165) is 0 Å². The summed E-state index contributed by atoms with van der Waals surface area (Å²) in [6.07, 6.45) is -8.80. The molecule has 0 aliphatic heterocycles. The van der Waals surface area contributed by atoms with Crippen LogP contribution in [0.15, 0.2) is 80.7 Å². The smallest absolute Gasteiger partial charge is 0.416 e. The maximum absolute atomic E-state index is 13.1. The average Bonchev–Trinajstić information content (AvgIpc) is 3.36. The second-order valence-electron chi connectivity index (χ2n) is 8.28. The molecule has 7 nitrogen and oxygen atoms in total. The van der Waals surface area contributed by atoms with Crippen molar-refractivity contribution in [1.82, 2.24) is 10.1 Å². The van der Waals surface area contributed by atoms with Crippen molar-refractivity contribution in [2.24, 2.45) is 0 Å². The first-order valence-corrected chi connectivity index (χ1v) is 11.0. The number of aromatic nitrogens is 2. The third kappa shape index (κ3) is 5.42. The second-order valence-corrected chi connectivity index (χ2v) is 8.28. The number of hydrogen-bond acceptors (Lipinski definition) is 7. The van der Waals surface area contributed by atoms with E-state index in [1.54, 1.807) is 12.1 Å². The number of aromatic hydroxyl groups is 1. The lowest BCUT2D eigenvalue weighted by molar-refractivity contribution is -0.143. The number of nitrogens with zero attached hydrogens (tertiary/aromatic N) is 2. The third-order valence-corrected chi connectivity index (χ3v) is 5.60. The summed E-state index contributed by atoms with van der Waals surface area (Å²) in [5.74, 6) is -0.454. The van der Waals surface area contributed by atoms with E-state index in [2.05, 4.69) is 10.1 Å². The Kier molecular flexibility index (Phi) is 6.29. The van der Waals surface area contributed by atoms with E-state index in [0.29, 0.717) is 17.7 Å². The van der Waals surface area contributed by atoms with Crippen molar-refractivity contribution in [3.05, 3.63) is 94.1 Å². The SMILES string of the molecule is O=c1c(-c2ccc(O)cc2)coc2cc(OCc3noc(-c4cc(C(F)(F)F)cc(C(F)(F)F)c4)n3)ccc12. The second kappa shape index (κ2) is 9.49. The number of benzene rings is 3. The van der Waals surface area contributed by atoms with Crippen molar-refractivity contribution >= 4 is 11.0 Å². The van der Waals surface area contributed by atoms with E-state index in [1.165, 1.54) is 36.6 Å². The fourth-order valence-corrected chi connectivity index (χ4v) is 3.69. The molecular formula is C26H14F6N2O5. The maximum atomic E-state index is 13.1. The highest BCUT2D eigenvalue weighted by molar-refractivity contribution is 5.82. The first-order chi connectivity index (χ1) is 18.4. The van der Waals surface area contributed by atoms with Gasteiger partial charge in [0.05, 0.1) is 22.1 Å². The summed E-state index contributed by atoms with van der Waals surface area (Å²) in [4.78, 5) is 16.7. The van der Waals surface area contributed by atoms with Crippen molar-refractivity contribution in [2.75, 3.05) is 0 Å². The van der Waals surface area contributed by atoms with E-state index in [4.69, 9.17) is 13.7 Å². The molecule has 5 rings (SSSR count). The Labute approximate surface area is 213 Å². The molecule has 0 atom stereocenters. The molecule has 0 fully saturated rings. The molecule has 0 bridgehead atoms. The first-order valence-electron chi connectivity index (χ1n) is 11.0. The highest BCUT2D eigenvalue weighted by atomic mass is 19.4. The molecule has 1 N–H and O–H groups in total. The predicted molar refractivity (Wildman–Crippen MR) is 124 cm³/mol. The van der Waals surface area contributed by atoms with Crippen LogP contribution in [0.1, 0.15) is 17.0 Å². The fourth-order valence-electron chi connectivity index (χ4n) is 3.69. The molecule has 0 saturated carbocycles. The van der Waals surface area contributed by atoms with Crippen molar-refractivity contribution in [3.8, 4) is 34.1 Å². The topological polar surface area (TPSA) is 98.6 Å². The molecule has 2 heterocycles. The number of rotatable bonds is 5. The van der Waals surface area contributed by atoms with Crippen LogP contribution in [0.5, 0.6) is 11.5 Å². The third-order valence-electron chi connectivity index (χ3n) is 5.60. The Bertz CT molecular complexity index is 1690. The number of phenols is 1. The minimum atomic E-state index is -5.03. The van der Waals surface area contributed by atoms with Gasteiger partial charge in [-0.15, -0.1) is 0 Å². The number of ether oxygens (including phenoxy) is 1. The molecule has 0 unspecified atom stereocenters. The van der Waals surface area contributed by atoms with Gasteiger partial charge in [0.15, 0.2) is 12.0 Å². The van der Waals surface area contributed by atoms with E-state index in [9.17, 15) is 36.2 Å². The number of alkyl halides is 6. The highest BCUT2D eigenvalue weighted by Gasteiger charge is 2.37. The Morgan fingerprint density at radius 3 is 2.15 bits per heavy atom. The Morgan fingerprint density at radius 1 is 0.846 bits per heavy atom. The summed E-state index contributed by atoms with van der Waals surface area (Å²) < 4.78 is 94.8. The van der Waals surface area contributed by atoms with Gasteiger partial charge in [-0.3, -0.25) is 4.79 Å². The molecular weight excluding hydrogens is 534 g/mol. The lowest BCUT2D eigenvalue weighted by atomic mass is 10.0. The fraction of sp³-hybridized carbons (Fsp3) is 0.115. The van der Waals surface area contributed by atoms with Gasteiger partial charge in [-0.1, -0.05) is 17.3 Å². The summed E-state index contributed by atoms with van der Waals surface area (Å²) in [5.41, 5.74) is -2.91. The van der Waals surface area contributed by atoms with Crippen molar-refractivity contribution in [2.45, 2.75) is 19.0 Å². The summed E-state index contributed by atoms with van der Waals surface area (Å²) in [5, 5.41) is 13.2. The Balaban J connectivity index is 1.36. The summed E-state index contributed by atoms with van der Waals surface area (Å²) in [7, 11) is 0. The van der Waals surface area contributed by atoms with Gasteiger partial charge < -0.3 is 18.8 Å². The van der Waals surface area contributed by atoms with Crippen LogP contribution in [0.3, 0.4) is 0 Å². The molecule has 0 spiro atoms. The molecule has 2 aromatic heterocycles. The van der Waals surface area contributed by atoms with Crippen molar-refractivity contribution in [1.29, 1.82) is 0 Å². The number of fused-ring (bicyclic) bond motifs is 1. The molecule has 0 radical (unpaired) electrons. The molecule has 0 aliphatic carbocycles. The lowest BCUT2D eigenvalue weighted by Crippen LogP contribution is -2.11. The number of halogens is 6. The largest absolute Gasteiger partial charge is 0.508 e. The zero-order chi connectivity index (χ0) is 27.9. The van der Waals surface area contributed by atoms with E-state index < -0.39 is 34.9 Å². The highest BCUT2D eigenvalue weighted by Crippen LogP contribution is 2.38. The van der Waals surface area contributed by atoms with Gasteiger partial charge in [0, 0.05) is 11.6 Å². The Hall–Kier alpha value is -4.81. The Morgan fingerprint density at radius 2 is 1.51 bits per heavy atom. The first kappa shape index (κ1) is 25.8. The zero-order valence-electron chi connectivity index (χ0n) is 19.3. The van der Waals surface area contributed by atoms with Gasteiger partial charge in [-0.2, -0.15) is 31.3 Å². The van der Waals surface area contributed by atoms with E-state index in [-0.39, 0.29) is 52.0 Å². The van der Waals surface area contributed by atoms with Gasteiger partial charge in [0.25, 0.3) is 5.89 Å². The molecule has 13 heteroatoms. The number of hydrogen-bond donors (Lipinski definition) is 1. The van der Waals surface area contributed by atoms with Gasteiger partial charge in [-0.25, -0.2) is 0 Å². The molecule has 0 aliphatic rings. The molecule has 39 heavy (non-hydrogen) atoms. The number of phenolic OH excluding ortho intramolecular Hbond substituents is 1. The van der Waals surface area contributed by atoms with E-state index in [1.807, 2.05) is 0 Å². The molecule has 5 aromatic rings. The minimum absolute atomic E-state index is 0.00433. The summed E-state index contributed by atoms with van der Waals surface area (Å²) in [6, 6.07) is 11.3. The van der Waals surface area contributed by atoms with Crippen molar-refractivity contribution in [3.63, 3.8) is 0 Å². The van der Waals surface area contributed by atoms with Crippen LogP contribution in [0.4, 0.5) is 26.3 Å². The maximum Gasteiger partial charge on any atom is 0.416 e. The standard InChI is InChI=1S/C26H14F6N2O5/c27-25(28,29)15-7-14(8-16(9-15)26(30,31)32)24-33-22(34-39-24)12-37-18-5-6-19-21(10-18)38-11-20(23(19)36)13-1-3-17(35)4-2-13/h1-11,35H,12H2. The molecule has 0 saturated heterocycles. The normalized spacial score (nSPS) is 12.2. The zero-order valence-corrected chi connectivity index (χ0v) is 19.3. The van der Waals surface area contributed by atoms with Crippen LogP contribution < -0.4 is 10.2 Å². The quantitative estimate of drug-likeness (QED) is 0.240. The van der Waals surface area contributed by atoms with Crippen LogP contribution in [0.2, 0.25) is 0 Å².